The van der Waals surface area contributed by atoms with Gasteiger partial charge in [0.25, 0.3) is 0 Å². The third kappa shape index (κ3) is 3.12. The molecular weight excluding hydrogens is 376 g/mol. The molecule has 0 aromatic carbocycles. The highest BCUT2D eigenvalue weighted by molar-refractivity contribution is 5.74. The van der Waals surface area contributed by atoms with Crippen molar-refractivity contribution < 1.29 is 19.0 Å². The normalized spacial score (nSPS) is 48.8. The smallest absolute Gasteiger partial charge is 0.309 e. The molecule has 4 nitrogen and oxygen atoms in total. The van der Waals surface area contributed by atoms with Gasteiger partial charge in [-0.2, -0.15) is 0 Å². The standard InChI is InChI=1S/C26H38O4/c1-5-8-9-26(4)29-14-16(30-26)13-28-25(27)22-11-15-10-19(22)24-21-12-20(23(15)24)17(6-2)18(21)7-3/h6-7,15-16,19-24H,5,8-14H2,1-4H3/b17-6?,18-7+. The largest absolute Gasteiger partial charge is 0.463 e. The molecule has 0 aromatic heterocycles. The third-order valence-corrected chi connectivity index (χ3v) is 9.01. The van der Waals surface area contributed by atoms with Crippen molar-refractivity contribution >= 4 is 5.97 Å². The molecule has 4 saturated carbocycles. The number of unbranched alkanes of at least 4 members (excludes halogenated alkanes) is 1. The summed E-state index contributed by atoms with van der Waals surface area (Å²) in [6.07, 6.45) is 11.2. The van der Waals surface area contributed by atoms with Gasteiger partial charge in [-0.05, 0) is 93.1 Å². The van der Waals surface area contributed by atoms with Gasteiger partial charge in [0.2, 0.25) is 0 Å². The predicted octanol–water partition coefficient (Wildman–Crippen LogP) is 5.28. The van der Waals surface area contributed by atoms with Gasteiger partial charge in [-0.25, -0.2) is 0 Å². The van der Waals surface area contributed by atoms with Crippen molar-refractivity contribution in [3.8, 4) is 0 Å². The van der Waals surface area contributed by atoms with Crippen molar-refractivity contribution in [2.75, 3.05) is 13.2 Å². The van der Waals surface area contributed by atoms with Gasteiger partial charge in [0.05, 0.1) is 12.5 Å². The van der Waals surface area contributed by atoms with E-state index in [1.54, 1.807) is 11.1 Å². The fraction of sp³-hybridized carbons (Fsp3) is 0.808. The zero-order valence-corrected chi connectivity index (χ0v) is 19.1. The average molecular weight is 415 g/mol. The first kappa shape index (κ1) is 20.8. The monoisotopic (exact) mass is 414 g/mol. The number of carbonyl (C=O) groups is 1. The molecule has 5 aliphatic rings. The fourth-order valence-corrected chi connectivity index (χ4v) is 8.01. The van der Waals surface area contributed by atoms with Gasteiger partial charge >= 0.3 is 5.97 Å². The van der Waals surface area contributed by atoms with E-state index in [-0.39, 0.29) is 18.0 Å². The zero-order valence-electron chi connectivity index (χ0n) is 19.1. The van der Waals surface area contributed by atoms with Crippen LogP contribution in [0.25, 0.3) is 0 Å². The molecule has 0 N–H and O–H groups in total. The fourth-order valence-electron chi connectivity index (χ4n) is 8.01. The van der Waals surface area contributed by atoms with E-state index in [9.17, 15) is 4.79 Å². The van der Waals surface area contributed by atoms with Crippen molar-refractivity contribution in [3.63, 3.8) is 0 Å². The molecule has 0 amide bonds. The van der Waals surface area contributed by atoms with E-state index in [4.69, 9.17) is 14.2 Å². The van der Waals surface area contributed by atoms with Crippen LogP contribution in [0.3, 0.4) is 0 Å². The Morgan fingerprint density at radius 2 is 1.87 bits per heavy atom. The number of hydrogen-bond acceptors (Lipinski definition) is 4. The molecule has 0 aromatic rings. The zero-order chi connectivity index (χ0) is 21.0. The average Bonchev–Trinajstić information content (AvgIpc) is 3.54. The van der Waals surface area contributed by atoms with E-state index in [0.717, 1.165) is 37.5 Å². The van der Waals surface area contributed by atoms with E-state index >= 15 is 0 Å². The second-order valence-electron chi connectivity index (χ2n) is 10.5. The Morgan fingerprint density at radius 3 is 2.57 bits per heavy atom. The Bertz CT molecular complexity index is 754. The highest BCUT2D eigenvalue weighted by Crippen LogP contribution is 2.71. The molecule has 1 aliphatic heterocycles. The van der Waals surface area contributed by atoms with E-state index in [0.29, 0.717) is 36.9 Å². The molecule has 4 aliphatic carbocycles. The van der Waals surface area contributed by atoms with Crippen LogP contribution in [-0.2, 0) is 19.0 Å². The topological polar surface area (TPSA) is 44.8 Å². The lowest BCUT2D eigenvalue weighted by Crippen LogP contribution is -2.38. The van der Waals surface area contributed by atoms with Crippen LogP contribution in [0.2, 0.25) is 0 Å². The Morgan fingerprint density at radius 1 is 1.13 bits per heavy atom. The second-order valence-corrected chi connectivity index (χ2v) is 10.5. The lowest BCUT2D eigenvalue weighted by atomic mass is 9.65. The minimum absolute atomic E-state index is 0.0165. The van der Waals surface area contributed by atoms with Crippen LogP contribution < -0.4 is 0 Å². The summed E-state index contributed by atoms with van der Waals surface area (Å²) < 4.78 is 17.8. The van der Waals surface area contributed by atoms with Crippen molar-refractivity contribution in [1.29, 1.82) is 0 Å². The summed E-state index contributed by atoms with van der Waals surface area (Å²) >= 11 is 0. The molecule has 5 rings (SSSR count). The predicted molar refractivity (Wildman–Crippen MR) is 116 cm³/mol. The minimum atomic E-state index is -0.511. The summed E-state index contributed by atoms with van der Waals surface area (Å²) in [4.78, 5) is 13.0. The number of carbonyl (C=O) groups excluding carboxylic acids is 1. The van der Waals surface area contributed by atoms with E-state index in [1.807, 2.05) is 6.92 Å². The van der Waals surface area contributed by atoms with Crippen LogP contribution in [0.1, 0.15) is 66.2 Å². The van der Waals surface area contributed by atoms with Gasteiger partial charge in [0.1, 0.15) is 12.7 Å². The molecule has 30 heavy (non-hydrogen) atoms. The Kier molecular flexibility index (Phi) is 5.38. The molecule has 9 atom stereocenters. The van der Waals surface area contributed by atoms with Crippen LogP contribution in [0.4, 0.5) is 0 Å². The second kappa shape index (κ2) is 7.78. The highest BCUT2D eigenvalue weighted by Gasteiger charge is 2.65. The summed E-state index contributed by atoms with van der Waals surface area (Å²) in [6, 6.07) is 0. The maximum absolute atomic E-state index is 13.0. The van der Waals surface area contributed by atoms with Gasteiger partial charge in [0, 0.05) is 6.42 Å². The van der Waals surface area contributed by atoms with Gasteiger partial charge < -0.3 is 14.2 Å². The SMILES string of the molecule is CC=C1/C(=C\C)C2CC1C1C3CC(C(=O)OCC4COC(C)(CCCC)O4)C(C3)C21. The van der Waals surface area contributed by atoms with Crippen LogP contribution in [0.5, 0.6) is 0 Å². The molecule has 0 spiro atoms. The Hall–Kier alpha value is -1.13. The first-order valence-electron chi connectivity index (χ1n) is 12.3. The Balaban J connectivity index is 1.19. The number of rotatable bonds is 6. The third-order valence-electron chi connectivity index (χ3n) is 9.01. The summed E-state index contributed by atoms with van der Waals surface area (Å²) in [6.45, 7) is 9.42. The number of esters is 1. The number of hydrogen-bond donors (Lipinski definition) is 0. The minimum Gasteiger partial charge on any atom is -0.463 e. The maximum atomic E-state index is 13.0. The van der Waals surface area contributed by atoms with Crippen LogP contribution in [0.15, 0.2) is 23.3 Å². The number of allylic oxidation sites excluding steroid dienone is 4. The van der Waals surface area contributed by atoms with Crippen molar-refractivity contribution in [1.82, 2.24) is 0 Å². The molecule has 1 saturated heterocycles. The maximum Gasteiger partial charge on any atom is 0.309 e. The Labute approximate surface area is 181 Å². The molecule has 0 radical (unpaired) electrons. The summed E-state index contributed by atoms with van der Waals surface area (Å²) in [5, 5.41) is 0. The van der Waals surface area contributed by atoms with Crippen LogP contribution in [-0.4, -0.2) is 31.1 Å². The van der Waals surface area contributed by atoms with Crippen LogP contribution in [0, 0.1) is 41.4 Å². The molecular formula is C26H38O4. The molecule has 1 heterocycles. The van der Waals surface area contributed by atoms with E-state index in [1.165, 1.54) is 12.8 Å². The van der Waals surface area contributed by atoms with Gasteiger partial charge in [-0.1, -0.05) is 25.5 Å². The van der Waals surface area contributed by atoms with Crippen molar-refractivity contribution in [2.45, 2.75) is 78.1 Å². The quantitative estimate of drug-likeness (QED) is 0.438. The van der Waals surface area contributed by atoms with E-state index < -0.39 is 5.79 Å². The van der Waals surface area contributed by atoms with Crippen LogP contribution >= 0.6 is 0 Å². The van der Waals surface area contributed by atoms with Crippen molar-refractivity contribution in [2.24, 2.45) is 41.4 Å². The molecule has 5 fully saturated rings. The van der Waals surface area contributed by atoms with Crippen molar-refractivity contribution in [3.05, 3.63) is 23.3 Å². The summed E-state index contributed by atoms with van der Waals surface area (Å²) in [5.41, 5.74) is 3.19. The summed E-state index contributed by atoms with van der Waals surface area (Å²) in [7, 11) is 0. The van der Waals surface area contributed by atoms with Gasteiger partial charge in [0.15, 0.2) is 5.79 Å². The lowest BCUT2D eigenvalue weighted by molar-refractivity contribution is -0.172. The molecule has 4 heteroatoms. The first-order valence-corrected chi connectivity index (χ1v) is 12.3. The molecule has 166 valence electrons. The summed E-state index contributed by atoms with van der Waals surface area (Å²) in [5.74, 6) is 3.76. The van der Waals surface area contributed by atoms with E-state index in [2.05, 4.69) is 32.9 Å². The number of ether oxygens (including phenoxy) is 3. The lowest BCUT2D eigenvalue weighted by Gasteiger charge is -2.40. The van der Waals surface area contributed by atoms with Gasteiger partial charge in [-0.15, -0.1) is 0 Å². The number of fused-ring (bicyclic) bond motifs is 9. The molecule has 9 unspecified atom stereocenters. The highest BCUT2D eigenvalue weighted by atomic mass is 16.7. The van der Waals surface area contributed by atoms with Gasteiger partial charge in [-0.3, -0.25) is 4.79 Å². The first-order chi connectivity index (χ1) is 14.5. The molecule has 4 bridgehead atoms.